The van der Waals surface area contributed by atoms with Gasteiger partial charge in [-0.3, -0.25) is 4.79 Å². The summed E-state index contributed by atoms with van der Waals surface area (Å²) in [5, 5.41) is 0. The Labute approximate surface area is 62.2 Å². The lowest BCUT2D eigenvalue weighted by Crippen LogP contribution is -2.33. The molecule has 0 aromatic heterocycles. The van der Waals surface area contributed by atoms with E-state index >= 15 is 0 Å². The van der Waals surface area contributed by atoms with Crippen LogP contribution in [0.5, 0.6) is 0 Å². The lowest BCUT2D eigenvalue weighted by Gasteiger charge is -2.26. The first-order valence-electron chi connectivity index (χ1n) is 3.88. The quantitative estimate of drug-likeness (QED) is 0.544. The Hall–Kier alpha value is -0.370. The molecule has 10 heavy (non-hydrogen) atoms. The highest BCUT2D eigenvalue weighted by Gasteiger charge is 2.20. The molecular weight excluding hydrogens is 126 g/mol. The molecule has 0 aromatic rings. The Morgan fingerprint density at radius 2 is 2.20 bits per heavy atom. The van der Waals surface area contributed by atoms with E-state index in [4.69, 9.17) is 0 Å². The maximum Gasteiger partial charge on any atom is 0.134 e. The lowest BCUT2D eigenvalue weighted by atomic mass is 9.94. The SMILES string of the molecule is CN(C)[C@@H]1CCCC(=O)C1. The second kappa shape index (κ2) is 3.15. The van der Waals surface area contributed by atoms with Crippen molar-refractivity contribution in [3.8, 4) is 0 Å². The summed E-state index contributed by atoms with van der Waals surface area (Å²) < 4.78 is 0. The largest absolute Gasteiger partial charge is 0.306 e. The van der Waals surface area contributed by atoms with Gasteiger partial charge >= 0.3 is 0 Å². The number of carbonyl (C=O) groups is 1. The summed E-state index contributed by atoms with van der Waals surface area (Å²) in [5.74, 6) is 0.435. The summed E-state index contributed by atoms with van der Waals surface area (Å²) in [6, 6.07) is 0.515. The minimum Gasteiger partial charge on any atom is -0.306 e. The van der Waals surface area contributed by atoms with Crippen LogP contribution in [0.3, 0.4) is 0 Å². The zero-order valence-electron chi connectivity index (χ0n) is 6.76. The van der Waals surface area contributed by atoms with Gasteiger partial charge in [0.25, 0.3) is 0 Å². The van der Waals surface area contributed by atoms with Crippen LogP contribution < -0.4 is 0 Å². The third kappa shape index (κ3) is 1.81. The first-order chi connectivity index (χ1) is 4.70. The van der Waals surface area contributed by atoms with E-state index in [9.17, 15) is 4.79 Å². The van der Waals surface area contributed by atoms with Crippen molar-refractivity contribution in [1.29, 1.82) is 0 Å². The Balaban J connectivity index is 2.39. The minimum atomic E-state index is 0.435. The zero-order valence-corrected chi connectivity index (χ0v) is 6.76. The molecule has 0 amide bonds. The van der Waals surface area contributed by atoms with E-state index in [2.05, 4.69) is 4.90 Å². The molecule has 2 nitrogen and oxygen atoms in total. The molecule has 1 atom stereocenters. The van der Waals surface area contributed by atoms with Crippen LogP contribution in [-0.4, -0.2) is 30.8 Å². The van der Waals surface area contributed by atoms with Crippen LogP contribution in [-0.2, 0) is 4.79 Å². The van der Waals surface area contributed by atoms with Gasteiger partial charge in [-0.2, -0.15) is 0 Å². The van der Waals surface area contributed by atoms with Crippen molar-refractivity contribution < 1.29 is 4.79 Å². The lowest BCUT2D eigenvalue weighted by molar-refractivity contribution is -0.121. The molecule has 0 saturated heterocycles. The number of rotatable bonds is 1. The molecule has 2 heteroatoms. The molecule has 1 aliphatic carbocycles. The summed E-state index contributed by atoms with van der Waals surface area (Å²) >= 11 is 0. The van der Waals surface area contributed by atoms with Crippen molar-refractivity contribution in [2.45, 2.75) is 31.7 Å². The van der Waals surface area contributed by atoms with Gasteiger partial charge in [0.2, 0.25) is 0 Å². The van der Waals surface area contributed by atoms with E-state index in [-0.39, 0.29) is 0 Å². The van der Waals surface area contributed by atoms with Crippen LogP contribution >= 0.6 is 0 Å². The zero-order chi connectivity index (χ0) is 7.56. The van der Waals surface area contributed by atoms with Gasteiger partial charge in [0.15, 0.2) is 0 Å². The van der Waals surface area contributed by atoms with Gasteiger partial charge < -0.3 is 4.90 Å². The minimum absolute atomic E-state index is 0.435. The molecule has 0 radical (unpaired) electrons. The molecule has 1 rings (SSSR count). The highest BCUT2D eigenvalue weighted by atomic mass is 16.1. The molecule has 58 valence electrons. The number of nitrogens with zero attached hydrogens (tertiary/aromatic N) is 1. The van der Waals surface area contributed by atoms with Crippen molar-refractivity contribution in [2.75, 3.05) is 14.1 Å². The Morgan fingerprint density at radius 3 is 2.60 bits per heavy atom. The van der Waals surface area contributed by atoms with E-state index in [1.807, 2.05) is 14.1 Å². The molecular formula is C8H15NO. The van der Waals surface area contributed by atoms with Gasteiger partial charge in [-0.1, -0.05) is 0 Å². The summed E-state index contributed by atoms with van der Waals surface area (Å²) in [4.78, 5) is 13.1. The number of ketones is 1. The molecule has 1 saturated carbocycles. The van der Waals surface area contributed by atoms with Crippen molar-refractivity contribution in [3.63, 3.8) is 0 Å². The van der Waals surface area contributed by atoms with Crippen molar-refractivity contribution in [2.24, 2.45) is 0 Å². The number of hydrogen-bond acceptors (Lipinski definition) is 2. The van der Waals surface area contributed by atoms with E-state index in [0.717, 1.165) is 19.3 Å². The molecule has 1 fully saturated rings. The summed E-state index contributed by atoms with van der Waals surface area (Å²) in [6.45, 7) is 0. The predicted molar refractivity (Wildman–Crippen MR) is 41.0 cm³/mol. The van der Waals surface area contributed by atoms with Gasteiger partial charge in [0.05, 0.1) is 0 Å². The number of carbonyl (C=O) groups excluding carboxylic acids is 1. The molecule has 0 N–H and O–H groups in total. The summed E-state index contributed by atoms with van der Waals surface area (Å²) in [7, 11) is 4.09. The average Bonchev–Trinajstić information content (AvgIpc) is 1.88. The molecule has 0 aromatic carbocycles. The molecule has 0 aliphatic heterocycles. The fourth-order valence-electron chi connectivity index (χ4n) is 1.44. The predicted octanol–water partition coefficient (Wildman–Crippen LogP) is 1.06. The van der Waals surface area contributed by atoms with E-state index in [1.165, 1.54) is 6.42 Å². The molecule has 0 spiro atoms. The first-order valence-corrected chi connectivity index (χ1v) is 3.88. The van der Waals surface area contributed by atoms with Gasteiger partial charge in [0.1, 0.15) is 5.78 Å². The monoisotopic (exact) mass is 141 g/mol. The Kier molecular flexibility index (Phi) is 2.44. The molecule has 0 bridgehead atoms. The number of Topliss-reactive ketones (excluding diaryl/α,β-unsaturated/α-hetero) is 1. The average molecular weight is 141 g/mol. The second-order valence-electron chi connectivity index (χ2n) is 3.25. The fourth-order valence-corrected chi connectivity index (χ4v) is 1.44. The smallest absolute Gasteiger partial charge is 0.134 e. The fraction of sp³-hybridized carbons (Fsp3) is 0.875. The summed E-state index contributed by atoms with van der Waals surface area (Å²) in [5.41, 5.74) is 0. The van der Waals surface area contributed by atoms with Gasteiger partial charge in [-0.05, 0) is 26.9 Å². The van der Waals surface area contributed by atoms with E-state index in [0.29, 0.717) is 11.8 Å². The summed E-state index contributed by atoms with van der Waals surface area (Å²) in [6.07, 6.45) is 3.86. The third-order valence-electron chi connectivity index (χ3n) is 2.19. The molecule has 0 unspecified atom stereocenters. The van der Waals surface area contributed by atoms with Crippen molar-refractivity contribution in [1.82, 2.24) is 4.90 Å². The highest BCUT2D eigenvalue weighted by Crippen LogP contribution is 2.17. The van der Waals surface area contributed by atoms with Crippen LogP contribution in [0.25, 0.3) is 0 Å². The standard InChI is InChI=1S/C8H15NO/c1-9(2)7-4-3-5-8(10)6-7/h7H,3-6H2,1-2H3/t7-/m1/s1. The van der Waals surface area contributed by atoms with Crippen molar-refractivity contribution in [3.05, 3.63) is 0 Å². The molecule has 1 aliphatic rings. The van der Waals surface area contributed by atoms with Crippen LogP contribution in [0.4, 0.5) is 0 Å². The first kappa shape index (κ1) is 7.73. The Morgan fingerprint density at radius 1 is 1.50 bits per heavy atom. The number of hydrogen-bond donors (Lipinski definition) is 0. The molecule has 0 heterocycles. The van der Waals surface area contributed by atoms with Gasteiger partial charge in [-0.15, -0.1) is 0 Å². The maximum atomic E-state index is 11.0. The van der Waals surface area contributed by atoms with E-state index < -0.39 is 0 Å². The van der Waals surface area contributed by atoms with Crippen molar-refractivity contribution >= 4 is 5.78 Å². The maximum absolute atomic E-state index is 11.0. The van der Waals surface area contributed by atoms with Crippen LogP contribution in [0.2, 0.25) is 0 Å². The van der Waals surface area contributed by atoms with Gasteiger partial charge in [-0.25, -0.2) is 0 Å². The van der Waals surface area contributed by atoms with Gasteiger partial charge in [0, 0.05) is 18.9 Å². The van der Waals surface area contributed by atoms with Crippen LogP contribution in [0, 0.1) is 0 Å². The Bertz CT molecular complexity index is 131. The topological polar surface area (TPSA) is 20.3 Å². The third-order valence-corrected chi connectivity index (χ3v) is 2.19. The second-order valence-corrected chi connectivity index (χ2v) is 3.25. The van der Waals surface area contributed by atoms with Crippen LogP contribution in [0.1, 0.15) is 25.7 Å². The van der Waals surface area contributed by atoms with Crippen LogP contribution in [0.15, 0.2) is 0 Å². The normalized spacial score (nSPS) is 27.5. The van der Waals surface area contributed by atoms with E-state index in [1.54, 1.807) is 0 Å². The highest BCUT2D eigenvalue weighted by molar-refractivity contribution is 5.79.